The molecular weight excluding hydrogens is 168 g/mol. The summed E-state index contributed by atoms with van der Waals surface area (Å²) in [5.74, 6) is 0.636. The third kappa shape index (κ3) is 1.26. The molecule has 0 aromatic rings. The van der Waals surface area contributed by atoms with Crippen molar-refractivity contribution in [2.75, 3.05) is 13.1 Å². The number of nitrogens with zero attached hydrogens (tertiary/aromatic N) is 2. The summed E-state index contributed by atoms with van der Waals surface area (Å²) in [4.78, 5) is 12.1. The maximum Gasteiger partial charge on any atom is 0.407 e. The predicted octanol–water partition coefficient (Wildman–Crippen LogP) is 1.07. The van der Waals surface area contributed by atoms with Crippen LogP contribution in [0.2, 0.25) is 0 Å². The summed E-state index contributed by atoms with van der Waals surface area (Å²) in [6.07, 6.45) is 1.83. The Hall–Kier alpha value is -1.50. The van der Waals surface area contributed by atoms with Gasteiger partial charge in [0.25, 0.3) is 0 Å². The van der Waals surface area contributed by atoms with E-state index in [0.717, 1.165) is 12.0 Å². The lowest BCUT2D eigenvalue weighted by Gasteiger charge is -2.10. The zero-order chi connectivity index (χ0) is 9.42. The normalized spacial score (nSPS) is 31.0. The average molecular weight is 178 g/mol. The number of hydrogen-bond acceptors (Lipinski definition) is 2. The summed E-state index contributed by atoms with van der Waals surface area (Å²) in [5, 5.41) is 17.4. The van der Waals surface area contributed by atoms with Crippen LogP contribution in [0.3, 0.4) is 0 Å². The van der Waals surface area contributed by atoms with Crippen LogP contribution in [-0.2, 0) is 0 Å². The van der Waals surface area contributed by atoms with E-state index in [0.29, 0.717) is 19.0 Å². The van der Waals surface area contributed by atoms with Crippen molar-refractivity contribution in [3.05, 3.63) is 11.6 Å². The summed E-state index contributed by atoms with van der Waals surface area (Å²) in [7, 11) is 0. The maximum atomic E-state index is 10.6. The Balaban J connectivity index is 2.07. The number of carbonyl (C=O) groups is 1. The smallest absolute Gasteiger partial charge is 0.407 e. The minimum atomic E-state index is -0.846. The van der Waals surface area contributed by atoms with Crippen LogP contribution in [0.4, 0.5) is 4.79 Å². The molecule has 0 aromatic heterocycles. The molecule has 0 saturated carbocycles. The van der Waals surface area contributed by atoms with Gasteiger partial charge in [0.05, 0.1) is 6.07 Å². The minimum Gasteiger partial charge on any atom is -0.465 e. The van der Waals surface area contributed by atoms with Gasteiger partial charge in [-0.25, -0.2) is 4.79 Å². The monoisotopic (exact) mass is 178 g/mol. The molecule has 1 fully saturated rings. The van der Waals surface area contributed by atoms with Gasteiger partial charge in [-0.15, -0.1) is 0 Å². The molecule has 0 spiro atoms. The molecule has 1 aliphatic heterocycles. The van der Waals surface area contributed by atoms with Gasteiger partial charge < -0.3 is 10.0 Å². The third-order valence-corrected chi connectivity index (χ3v) is 2.80. The van der Waals surface area contributed by atoms with Crippen LogP contribution < -0.4 is 0 Å². The number of likely N-dealkylation sites (tertiary alicyclic amines) is 1. The Morgan fingerprint density at radius 3 is 3.00 bits per heavy atom. The summed E-state index contributed by atoms with van der Waals surface area (Å²) in [6.45, 7) is 1.15. The standard InChI is InChI=1S/C9H10N2O2/c10-3-6-1-7-4-11(9(12)13)5-8(7)2-6/h1,7-8H,2,4-5H2,(H,12,13). The van der Waals surface area contributed by atoms with Crippen LogP contribution in [0.1, 0.15) is 6.42 Å². The number of carboxylic acid groups (broad SMARTS) is 1. The largest absolute Gasteiger partial charge is 0.465 e. The number of fused-ring (bicyclic) bond motifs is 1. The zero-order valence-corrected chi connectivity index (χ0v) is 7.10. The molecule has 1 aliphatic carbocycles. The van der Waals surface area contributed by atoms with Gasteiger partial charge >= 0.3 is 6.09 Å². The van der Waals surface area contributed by atoms with Crippen molar-refractivity contribution in [3.63, 3.8) is 0 Å². The van der Waals surface area contributed by atoms with E-state index >= 15 is 0 Å². The van der Waals surface area contributed by atoms with Crippen molar-refractivity contribution in [1.29, 1.82) is 5.26 Å². The van der Waals surface area contributed by atoms with E-state index in [1.165, 1.54) is 4.90 Å². The lowest BCUT2D eigenvalue weighted by atomic mass is 10.00. The van der Waals surface area contributed by atoms with Crippen molar-refractivity contribution in [1.82, 2.24) is 4.90 Å². The summed E-state index contributed by atoms with van der Waals surface area (Å²) < 4.78 is 0. The first kappa shape index (κ1) is 8.11. The molecular formula is C9H10N2O2. The van der Waals surface area contributed by atoms with Gasteiger partial charge in [0.15, 0.2) is 0 Å². The van der Waals surface area contributed by atoms with E-state index in [4.69, 9.17) is 10.4 Å². The summed E-state index contributed by atoms with van der Waals surface area (Å²) >= 11 is 0. The molecule has 1 N–H and O–H groups in total. The Morgan fingerprint density at radius 2 is 2.46 bits per heavy atom. The molecule has 0 radical (unpaired) electrons. The predicted molar refractivity (Wildman–Crippen MR) is 44.9 cm³/mol. The number of nitriles is 1. The molecule has 1 amide bonds. The van der Waals surface area contributed by atoms with Crippen molar-refractivity contribution < 1.29 is 9.90 Å². The lowest BCUT2D eigenvalue weighted by Crippen LogP contribution is -2.27. The Bertz CT molecular complexity index is 316. The minimum absolute atomic E-state index is 0.283. The van der Waals surface area contributed by atoms with Gasteiger partial charge in [0.2, 0.25) is 0 Å². The lowest BCUT2D eigenvalue weighted by molar-refractivity contribution is 0.153. The van der Waals surface area contributed by atoms with Crippen molar-refractivity contribution in [2.45, 2.75) is 6.42 Å². The van der Waals surface area contributed by atoms with E-state index in [2.05, 4.69) is 6.07 Å². The van der Waals surface area contributed by atoms with E-state index in [1.54, 1.807) is 0 Å². The molecule has 4 nitrogen and oxygen atoms in total. The number of amides is 1. The van der Waals surface area contributed by atoms with Crippen molar-refractivity contribution in [2.24, 2.45) is 11.8 Å². The molecule has 1 heterocycles. The second-order valence-electron chi connectivity index (χ2n) is 3.62. The highest BCUT2D eigenvalue weighted by Crippen LogP contribution is 2.36. The van der Waals surface area contributed by atoms with E-state index < -0.39 is 6.09 Å². The van der Waals surface area contributed by atoms with Gasteiger partial charge in [-0.1, -0.05) is 6.08 Å². The van der Waals surface area contributed by atoms with Crippen molar-refractivity contribution >= 4 is 6.09 Å². The van der Waals surface area contributed by atoms with E-state index in [-0.39, 0.29) is 5.92 Å². The molecule has 1 saturated heterocycles. The fourth-order valence-corrected chi connectivity index (χ4v) is 2.15. The Morgan fingerprint density at radius 1 is 1.69 bits per heavy atom. The number of allylic oxidation sites excluding steroid dienone is 1. The highest BCUT2D eigenvalue weighted by atomic mass is 16.4. The molecule has 68 valence electrons. The molecule has 2 aliphatic rings. The van der Waals surface area contributed by atoms with Crippen molar-refractivity contribution in [3.8, 4) is 6.07 Å². The first-order valence-corrected chi connectivity index (χ1v) is 4.29. The average Bonchev–Trinajstić information content (AvgIpc) is 2.58. The third-order valence-electron chi connectivity index (χ3n) is 2.80. The van der Waals surface area contributed by atoms with Gasteiger partial charge in [0.1, 0.15) is 0 Å². The van der Waals surface area contributed by atoms with E-state index in [1.807, 2.05) is 6.08 Å². The van der Waals surface area contributed by atoms with Gasteiger partial charge in [0, 0.05) is 24.6 Å². The summed E-state index contributed by atoms with van der Waals surface area (Å²) in [6, 6.07) is 2.13. The molecule has 2 atom stereocenters. The molecule has 4 heteroatoms. The first-order valence-electron chi connectivity index (χ1n) is 4.29. The molecule has 0 bridgehead atoms. The fraction of sp³-hybridized carbons (Fsp3) is 0.556. The second kappa shape index (κ2) is 2.77. The Kier molecular flexibility index (Phi) is 1.73. The maximum absolute atomic E-state index is 10.6. The van der Waals surface area contributed by atoms with Crippen LogP contribution in [0.25, 0.3) is 0 Å². The Labute approximate surface area is 76.1 Å². The molecule has 2 rings (SSSR count). The van der Waals surface area contributed by atoms with Crippen LogP contribution in [0.15, 0.2) is 11.6 Å². The van der Waals surface area contributed by atoms with Gasteiger partial charge in [-0.3, -0.25) is 0 Å². The zero-order valence-electron chi connectivity index (χ0n) is 7.10. The second-order valence-corrected chi connectivity index (χ2v) is 3.62. The van der Waals surface area contributed by atoms with Crippen LogP contribution >= 0.6 is 0 Å². The topological polar surface area (TPSA) is 64.3 Å². The van der Waals surface area contributed by atoms with Gasteiger partial charge in [-0.05, 0) is 12.3 Å². The number of hydrogen-bond donors (Lipinski definition) is 1. The molecule has 2 unspecified atom stereocenters. The summed E-state index contributed by atoms with van der Waals surface area (Å²) in [5.41, 5.74) is 0.819. The highest BCUT2D eigenvalue weighted by Gasteiger charge is 2.37. The SMILES string of the molecule is N#CC1=CC2CN(C(=O)O)CC2C1. The first-order chi connectivity index (χ1) is 6.20. The van der Waals surface area contributed by atoms with E-state index in [9.17, 15) is 4.79 Å². The molecule has 13 heavy (non-hydrogen) atoms. The number of rotatable bonds is 0. The van der Waals surface area contributed by atoms with Crippen LogP contribution in [0.5, 0.6) is 0 Å². The fourth-order valence-electron chi connectivity index (χ4n) is 2.15. The molecule has 0 aromatic carbocycles. The quantitative estimate of drug-likeness (QED) is 0.603. The highest BCUT2D eigenvalue weighted by molar-refractivity contribution is 5.65. The van der Waals surface area contributed by atoms with Gasteiger partial charge in [-0.2, -0.15) is 5.26 Å². The van der Waals surface area contributed by atoms with Crippen LogP contribution in [-0.4, -0.2) is 29.2 Å². The van der Waals surface area contributed by atoms with Crippen LogP contribution in [0, 0.1) is 23.2 Å².